The van der Waals surface area contributed by atoms with E-state index in [2.05, 4.69) is 10.4 Å². The maximum absolute atomic E-state index is 12.5. The van der Waals surface area contributed by atoms with Crippen LogP contribution < -0.4 is 10.9 Å². The monoisotopic (exact) mass is 389 g/mol. The summed E-state index contributed by atoms with van der Waals surface area (Å²) in [5.74, 6) is -0.328. The van der Waals surface area contributed by atoms with Gasteiger partial charge in [-0.3, -0.25) is 9.59 Å². The topological polar surface area (TPSA) is 64.0 Å². The van der Waals surface area contributed by atoms with Crippen molar-refractivity contribution in [2.45, 2.75) is 25.9 Å². The molecule has 1 aromatic heterocycles. The molecule has 1 amide bonds. The molecule has 26 heavy (non-hydrogen) atoms. The number of hydrogen-bond acceptors (Lipinski definition) is 3. The molecule has 0 saturated heterocycles. The first-order valence-electron chi connectivity index (χ1n) is 7.99. The minimum absolute atomic E-state index is 0.172. The second kappa shape index (κ2) is 7.09. The summed E-state index contributed by atoms with van der Waals surface area (Å²) in [4.78, 5) is 24.9. The summed E-state index contributed by atoms with van der Waals surface area (Å²) < 4.78 is 1.16. The average molecular weight is 390 g/mol. The van der Waals surface area contributed by atoms with E-state index < -0.39 is 5.54 Å². The Morgan fingerprint density at radius 2 is 1.88 bits per heavy atom. The average Bonchev–Trinajstić information content (AvgIpc) is 2.59. The van der Waals surface area contributed by atoms with Crippen molar-refractivity contribution >= 4 is 39.9 Å². The summed E-state index contributed by atoms with van der Waals surface area (Å²) in [6.45, 7) is 3.52. The highest BCUT2D eigenvalue weighted by atomic mass is 35.5. The van der Waals surface area contributed by atoms with Crippen molar-refractivity contribution in [1.82, 2.24) is 15.1 Å². The Hall–Kier alpha value is -2.37. The van der Waals surface area contributed by atoms with Crippen LogP contribution in [-0.4, -0.2) is 15.7 Å². The summed E-state index contributed by atoms with van der Waals surface area (Å²) >= 11 is 12.0. The van der Waals surface area contributed by atoms with E-state index in [-0.39, 0.29) is 18.0 Å². The number of benzene rings is 2. The van der Waals surface area contributed by atoms with E-state index in [0.717, 1.165) is 15.6 Å². The lowest BCUT2D eigenvalue weighted by atomic mass is 9.94. The lowest BCUT2D eigenvalue weighted by Crippen LogP contribution is -2.44. The molecule has 0 bridgehead atoms. The van der Waals surface area contributed by atoms with Crippen LogP contribution in [0, 0.1) is 0 Å². The van der Waals surface area contributed by atoms with Gasteiger partial charge in [0.25, 0.3) is 5.56 Å². The van der Waals surface area contributed by atoms with Crippen LogP contribution in [0.5, 0.6) is 0 Å². The Balaban J connectivity index is 1.81. The van der Waals surface area contributed by atoms with Crippen LogP contribution in [0.15, 0.2) is 53.5 Å². The number of carbonyl (C=O) groups is 1. The van der Waals surface area contributed by atoms with Crippen molar-refractivity contribution in [2.24, 2.45) is 0 Å². The van der Waals surface area contributed by atoms with Crippen molar-refractivity contribution < 1.29 is 4.79 Å². The maximum Gasteiger partial charge on any atom is 0.275 e. The number of aromatic nitrogens is 2. The first-order chi connectivity index (χ1) is 12.3. The van der Waals surface area contributed by atoms with Gasteiger partial charge in [-0.1, -0.05) is 47.5 Å². The number of nitrogens with one attached hydrogen (secondary N) is 1. The third kappa shape index (κ3) is 3.74. The number of nitrogens with zero attached hydrogens (tertiary/aromatic N) is 2. The van der Waals surface area contributed by atoms with Crippen LogP contribution in [0.1, 0.15) is 19.4 Å². The van der Waals surface area contributed by atoms with Crippen molar-refractivity contribution in [2.75, 3.05) is 0 Å². The van der Waals surface area contributed by atoms with Crippen molar-refractivity contribution in [3.05, 3.63) is 74.6 Å². The predicted octanol–water partition coefficient (Wildman–Crippen LogP) is 3.75. The van der Waals surface area contributed by atoms with Gasteiger partial charge in [-0.15, -0.1) is 0 Å². The molecule has 2 aromatic carbocycles. The van der Waals surface area contributed by atoms with E-state index in [9.17, 15) is 9.59 Å². The zero-order chi connectivity index (χ0) is 18.9. The predicted molar refractivity (Wildman–Crippen MR) is 104 cm³/mol. The molecule has 0 radical (unpaired) electrons. The zero-order valence-electron chi connectivity index (χ0n) is 14.3. The maximum atomic E-state index is 12.5. The standard InChI is InChI=1S/C19H17Cl2N3O2/c1-19(2,13-7-8-15(20)16(21)9-13)23-17(25)11-24-18(26)14-6-4-3-5-12(14)10-22-24/h3-10H,11H2,1-2H3,(H,23,25). The second-order valence-corrected chi connectivity index (χ2v) is 7.31. The summed E-state index contributed by atoms with van der Waals surface area (Å²) in [6.07, 6.45) is 1.58. The van der Waals surface area contributed by atoms with Gasteiger partial charge < -0.3 is 5.32 Å². The minimum Gasteiger partial charge on any atom is -0.346 e. The molecule has 0 saturated carbocycles. The molecule has 3 rings (SSSR count). The molecule has 5 nitrogen and oxygen atoms in total. The van der Waals surface area contributed by atoms with Crippen LogP contribution in [0.2, 0.25) is 10.0 Å². The third-order valence-corrected chi connectivity index (χ3v) is 4.89. The summed E-state index contributed by atoms with van der Waals surface area (Å²) in [5.41, 5.74) is -0.184. The number of halogens is 2. The van der Waals surface area contributed by atoms with E-state index in [4.69, 9.17) is 23.2 Å². The highest BCUT2D eigenvalue weighted by Crippen LogP contribution is 2.28. The highest BCUT2D eigenvalue weighted by molar-refractivity contribution is 6.42. The number of rotatable bonds is 4. The Labute approximate surface area is 160 Å². The fourth-order valence-corrected chi connectivity index (χ4v) is 3.02. The molecule has 1 heterocycles. The van der Waals surface area contributed by atoms with E-state index >= 15 is 0 Å². The lowest BCUT2D eigenvalue weighted by Gasteiger charge is -2.27. The Morgan fingerprint density at radius 3 is 2.62 bits per heavy atom. The molecule has 0 aliphatic rings. The van der Waals surface area contributed by atoms with Crippen LogP contribution in [0.3, 0.4) is 0 Å². The molecule has 0 spiro atoms. The molecule has 0 aliphatic heterocycles. The molecule has 0 atom stereocenters. The first kappa shape index (κ1) is 18.4. The molecule has 3 aromatic rings. The first-order valence-corrected chi connectivity index (χ1v) is 8.75. The summed E-state index contributed by atoms with van der Waals surface area (Å²) in [5, 5.41) is 9.11. The van der Waals surface area contributed by atoms with Crippen LogP contribution in [0.4, 0.5) is 0 Å². The van der Waals surface area contributed by atoms with Gasteiger partial charge in [0.05, 0.1) is 27.2 Å². The van der Waals surface area contributed by atoms with Crippen molar-refractivity contribution in [1.29, 1.82) is 0 Å². The van der Waals surface area contributed by atoms with Gasteiger partial charge >= 0.3 is 0 Å². The van der Waals surface area contributed by atoms with Crippen molar-refractivity contribution in [3.63, 3.8) is 0 Å². The fourth-order valence-electron chi connectivity index (χ4n) is 2.72. The van der Waals surface area contributed by atoms with Gasteiger partial charge in [0.15, 0.2) is 0 Å². The van der Waals surface area contributed by atoms with Crippen LogP contribution in [-0.2, 0) is 16.9 Å². The number of amides is 1. The highest BCUT2D eigenvalue weighted by Gasteiger charge is 2.24. The second-order valence-electron chi connectivity index (χ2n) is 6.50. The third-order valence-electron chi connectivity index (χ3n) is 4.15. The lowest BCUT2D eigenvalue weighted by molar-refractivity contribution is -0.123. The molecule has 134 valence electrons. The van der Waals surface area contributed by atoms with Gasteiger partial charge in [0, 0.05) is 5.39 Å². The summed E-state index contributed by atoms with van der Waals surface area (Å²) in [6, 6.07) is 12.3. The number of hydrogen-bond donors (Lipinski definition) is 1. The fraction of sp³-hybridized carbons (Fsp3) is 0.211. The van der Waals surface area contributed by atoms with E-state index in [0.29, 0.717) is 15.4 Å². The Morgan fingerprint density at radius 1 is 1.15 bits per heavy atom. The van der Waals surface area contributed by atoms with Crippen LogP contribution >= 0.6 is 23.2 Å². The van der Waals surface area contributed by atoms with Crippen molar-refractivity contribution in [3.8, 4) is 0 Å². The molecular formula is C19H17Cl2N3O2. The van der Waals surface area contributed by atoms with Gasteiger partial charge in [-0.05, 0) is 37.6 Å². The Bertz CT molecular complexity index is 1040. The minimum atomic E-state index is -0.689. The van der Waals surface area contributed by atoms with E-state index in [1.54, 1.807) is 36.5 Å². The smallest absolute Gasteiger partial charge is 0.275 e. The van der Waals surface area contributed by atoms with Gasteiger partial charge in [0.1, 0.15) is 6.54 Å². The van der Waals surface area contributed by atoms with Crippen LogP contribution in [0.25, 0.3) is 10.8 Å². The normalized spacial score (nSPS) is 11.5. The molecular weight excluding hydrogens is 373 g/mol. The Kier molecular flexibility index (Phi) is 5.03. The van der Waals surface area contributed by atoms with Gasteiger partial charge in [-0.2, -0.15) is 5.10 Å². The summed E-state index contributed by atoms with van der Waals surface area (Å²) in [7, 11) is 0. The molecule has 0 fully saturated rings. The van der Waals surface area contributed by atoms with E-state index in [1.807, 2.05) is 26.0 Å². The molecule has 0 aliphatic carbocycles. The van der Waals surface area contributed by atoms with Gasteiger partial charge in [0.2, 0.25) is 5.91 Å². The van der Waals surface area contributed by atoms with Gasteiger partial charge in [-0.25, -0.2) is 4.68 Å². The number of carbonyl (C=O) groups excluding carboxylic acids is 1. The quantitative estimate of drug-likeness (QED) is 0.738. The number of fused-ring (bicyclic) bond motifs is 1. The SMILES string of the molecule is CC(C)(NC(=O)Cn1ncc2ccccc2c1=O)c1ccc(Cl)c(Cl)c1. The molecule has 0 unspecified atom stereocenters. The zero-order valence-corrected chi connectivity index (χ0v) is 15.8. The molecule has 1 N–H and O–H groups in total. The van der Waals surface area contributed by atoms with E-state index in [1.165, 1.54) is 0 Å². The largest absolute Gasteiger partial charge is 0.346 e. The molecule has 7 heteroatoms.